The van der Waals surface area contributed by atoms with E-state index in [9.17, 15) is 0 Å². The molecular formula is C18H22O2. The van der Waals surface area contributed by atoms with Crippen molar-refractivity contribution in [2.75, 3.05) is 13.2 Å². The predicted molar refractivity (Wildman–Crippen MR) is 83.0 cm³/mol. The molecule has 0 aliphatic carbocycles. The molecule has 0 radical (unpaired) electrons. The fourth-order valence-electron chi connectivity index (χ4n) is 1.96. The lowest BCUT2D eigenvalue weighted by molar-refractivity contribution is 0.313. The second-order valence-corrected chi connectivity index (χ2v) is 4.87. The first-order valence-corrected chi connectivity index (χ1v) is 6.90. The van der Waals surface area contributed by atoms with Crippen LogP contribution in [0.25, 0.3) is 0 Å². The van der Waals surface area contributed by atoms with Crippen molar-refractivity contribution in [2.24, 2.45) is 5.92 Å². The average molecular weight is 270 g/mol. The van der Waals surface area contributed by atoms with Gasteiger partial charge in [-0.1, -0.05) is 45.1 Å². The van der Waals surface area contributed by atoms with Gasteiger partial charge in [-0.3, -0.25) is 0 Å². The molecule has 0 saturated carbocycles. The van der Waals surface area contributed by atoms with E-state index in [1.54, 1.807) is 0 Å². The van der Waals surface area contributed by atoms with Crippen molar-refractivity contribution in [1.82, 2.24) is 0 Å². The van der Waals surface area contributed by atoms with E-state index >= 15 is 0 Å². The van der Waals surface area contributed by atoms with Crippen LogP contribution in [-0.4, -0.2) is 13.2 Å². The fraction of sp³-hybridized carbons (Fsp3) is 0.444. The Labute approximate surface area is 122 Å². The quantitative estimate of drug-likeness (QED) is 0.700. The minimum Gasteiger partial charge on any atom is -0.477 e. The first-order chi connectivity index (χ1) is 9.63. The van der Waals surface area contributed by atoms with E-state index in [2.05, 4.69) is 38.7 Å². The maximum atomic E-state index is 5.56. The minimum absolute atomic E-state index is 0.215. The summed E-state index contributed by atoms with van der Waals surface area (Å²) in [6, 6.07) is 5.96. The smallest absolute Gasteiger partial charge is 0.162 e. The molecule has 2 atom stereocenters. The molecule has 0 spiro atoms. The Kier molecular flexibility index (Phi) is 6.54. The van der Waals surface area contributed by atoms with Crippen LogP contribution in [0, 0.1) is 30.6 Å². The predicted octanol–water partition coefficient (Wildman–Crippen LogP) is 3.86. The van der Waals surface area contributed by atoms with E-state index in [0.29, 0.717) is 23.3 Å². The summed E-state index contributed by atoms with van der Waals surface area (Å²) in [5.41, 5.74) is 1.22. The van der Waals surface area contributed by atoms with Gasteiger partial charge in [0, 0.05) is 0 Å². The Balaban J connectivity index is 3.00. The molecule has 1 aromatic rings. The van der Waals surface area contributed by atoms with Gasteiger partial charge in [0.25, 0.3) is 0 Å². The molecular weight excluding hydrogens is 248 g/mol. The number of hydrogen-bond donors (Lipinski definition) is 0. The monoisotopic (exact) mass is 270 g/mol. The molecule has 0 heterocycles. The molecule has 2 heteroatoms. The van der Waals surface area contributed by atoms with Crippen LogP contribution in [-0.2, 0) is 0 Å². The fourth-order valence-corrected chi connectivity index (χ4v) is 1.96. The highest BCUT2D eigenvalue weighted by Crippen LogP contribution is 2.34. The molecule has 0 fully saturated rings. The molecule has 0 bridgehead atoms. The summed E-state index contributed by atoms with van der Waals surface area (Å²) in [4.78, 5) is 0. The molecule has 2 nitrogen and oxygen atoms in total. The van der Waals surface area contributed by atoms with Crippen LogP contribution in [0.2, 0.25) is 0 Å². The van der Waals surface area contributed by atoms with E-state index in [-0.39, 0.29) is 13.2 Å². The molecule has 0 aliphatic rings. The highest BCUT2D eigenvalue weighted by Gasteiger charge is 2.15. The van der Waals surface area contributed by atoms with Crippen molar-refractivity contribution in [3.8, 4) is 36.2 Å². The Hall–Kier alpha value is -2.06. The maximum absolute atomic E-state index is 5.56. The van der Waals surface area contributed by atoms with Crippen molar-refractivity contribution < 1.29 is 9.47 Å². The van der Waals surface area contributed by atoms with Gasteiger partial charge in [0.2, 0.25) is 0 Å². The molecule has 1 rings (SSSR count). The molecule has 2 unspecified atom stereocenters. The highest BCUT2D eigenvalue weighted by atomic mass is 16.5. The van der Waals surface area contributed by atoms with E-state index in [0.717, 1.165) is 6.42 Å². The summed E-state index contributed by atoms with van der Waals surface area (Å²) < 4.78 is 11.0. The largest absolute Gasteiger partial charge is 0.477 e. The molecule has 106 valence electrons. The normalized spacial score (nSPS) is 12.8. The van der Waals surface area contributed by atoms with E-state index in [1.807, 2.05) is 12.1 Å². The van der Waals surface area contributed by atoms with Crippen molar-refractivity contribution in [3.05, 3.63) is 23.8 Å². The second-order valence-electron chi connectivity index (χ2n) is 4.87. The van der Waals surface area contributed by atoms with Gasteiger partial charge in [-0.05, 0) is 29.5 Å². The summed E-state index contributed by atoms with van der Waals surface area (Å²) in [5, 5.41) is 0. The van der Waals surface area contributed by atoms with Gasteiger partial charge in [0.1, 0.15) is 13.2 Å². The Morgan fingerprint density at radius 3 is 2.20 bits per heavy atom. The Morgan fingerprint density at radius 1 is 1.05 bits per heavy atom. The van der Waals surface area contributed by atoms with Crippen molar-refractivity contribution in [2.45, 2.75) is 33.1 Å². The molecule has 0 aliphatic heterocycles. The van der Waals surface area contributed by atoms with Gasteiger partial charge < -0.3 is 9.47 Å². The number of terminal acetylenes is 2. The van der Waals surface area contributed by atoms with Gasteiger partial charge in [-0.15, -0.1) is 12.8 Å². The molecule has 0 amide bonds. The summed E-state index contributed by atoms with van der Waals surface area (Å²) in [6.45, 7) is 7.09. The Bertz CT molecular complexity index is 505. The Morgan fingerprint density at radius 2 is 1.65 bits per heavy atom. The molecule has 1 aromatic carbocycles. The zero-order valence-corrected chi connectivity index (χ0v) is 12.5. The molecule has 0 aromatic heterocycles. The first kappa shape index (κ1) is 16.0. The number of rotatable bonds is 7. The summed E-state index contributed by atoms with van der Waals surface area (Å²) in [7, 11) is 0. The van der Waals surface area contributed by atoms with Gasteiger partial charge in [-0.2, -0.15) is 0 Å². The standard InChI is InChI=1S/C18H22O2/c1-6-11-19-17-10-9-16(15(5)14(4)8-3)13-18(17)20-12-7-2/h1-2,9-10,13-15H,8,11-12H2,3-5H3. The molecule has 0 saturated heterocycles. The molecule has 20 heavy (non-hydrogen) atoms. The summed E-state index contributed by atoms with van der Waals surface area (Å²) >= 11 is 0. The van der Waals surface area contributed by atoms with Crippen molar-refractivity contribution in [3.63, 3.8) is 0 Å². The van der Waals surface area contributed by atoms with E-state index in [4.69, 9.17) is 22.3 Å². The van der Waals surface area contributed by atoms with Crippen molar-refractivity contribution >= 4 is 0 Å². The first-order valence-electron chi connectivity index (χ1n) is 6.90. The highest BCUT2D eigenvalue weighted by molar-refractivity contribution is 5.44. The second kappa shape index (κ2) is 8.18. The third kappa shape index (κ3) is 4.25. The third-order valence-corrected chi connectivity index (χ3v) is 3.61. The van der Waals surface area contributed by atoms with Crippen molar-refractivity contribution in [1.29, 1.82) is 0 Å². The van der Waals surface area contributed by atoms with Crippen LogP contribution in [0.4, 0.5) is 0 Å². The van der Waals surface area contributed by atoms with Crippen LogP contribution in [0.15, 0.2) is 18.2 Å². The van der Waals surface area contributed by atoms with Gasteiger partial charge in [0.15, 0.2) is 11.5 Å². The number of hydrogen-bond acceptors (Lipinski definition) is 2. The number of ether oxygens (including phenoxy) is 2. The van der Waals surface area contributed by atoms with Gasteiger partial charge in [-0.25, -0.2) is 0 Å². The summed E-state index contributed by atoms with van der Waals surface area (Å²) in [6.07, 6.45) is 11.6. The van der Waals surface area contributed by atoms with Crippen LogP contribution in [0.5, 0.6) is 11.5 Å². The average Bonchev–Trinajstić information content (AvgIpc) is 2.49. The van der Waals surface area contributed by atoms with Crippen LogP contribution in [0.3, 0.4) is 0 Å². The maximum Gasteiger partial charge on any atom is 0.162 e. The lowest BCUT2D eigenvalue weighted by atomic mass is 9.87. The van der Waals surface area contributed by atoms with Gasteiger partial charge >= 0.3 is 0 Å². The van der Waals surface area contributed by atoms with E-state index in [1.165, 1.54) is 5.56 Å². The van der Waals surface area contributed by atoms with E-state index < -0.39 is 0 Å². The van der Waals surface area contributed by atoms with Gasteiger partial charge in [0.05, 0.1) is 0 Å². The lowest BCUT2D eigenvalue weighted by Crippen LogP contribution is -2.06. The molecule has 0 N–H and O–H groups in total. The topological polar surface area (TPSA) is 18.5 Å². The van der Waals surface area contributed by atoms with Crippen LogP contribution >= 0.6 is 0 Å². The van der Waals surface area contributed by atoms with Crippen LogP contribution < -0.4 is 9.47 Å². The summed E-state index contributed by atoms with van der Waals surface area (Å²) in [5.74, 6) is 7.26. The minimum atomic E-state index is 0.215. The zero-order valence-electron chi connectivity index (χ0n) is 12.5. The number of benzene rings is 1. The van der Waals surface area contributed by atoms with Crippen LogP contribution in [0.1, 0.15) is 38.7 Å². The third-order valence-electron chi connectivity index (χ3n) is 3.61. The SMILES string of the molecule is C#CCOc1ccc(C(C)C(C)CC)cc1OCC#C. The lowest BCUT2D eigenvalue weighted by Gasteiger charge is -2.20. The zero-order chi connectivity index (χ0) is 15.0.